The summed E-state index contributed by atoms with van der Waals surface area (Å²) >= 11 is 0. The lowest BCUT2D eigenvalue weighted by Gasteiger charge is -2.29. The first kappa shape index (κ1) is 15.0. The van der Waals surface area contributed by atoms with Gasteiger partial charge in [-0.05, 0) is 51.5 Å². The quantitative estimate of drug-likeness (QED) is 0.713. The van der Waals surface area contributed by atoms with E-state index in [2.05, 4.69) is 39.9 Å². The first-order valence-electron chi connectivity index (χ1n) is 7.63. The van der Waals surface area contributed by atoms with Crippen LogP contribution in [-0.4, -0.2) is 12.1 Å². The third kappa shape index (κ3) is 6.45. The molecule has 1 aliphatic carbocycles. The van der Waals surface area contributed by atoms with E-state index in [1.54, 1.807) is 0 Å². The van der Waals surface area contributed by atoms with Crippen LogP contribution < -0.4 is 5.32 Å². The van der Waals surface area contributed by atoms with Crippen molar-refractivity contribution in [2.24, 2.45) is 17.8 Å². The van der Waals surface area contributed by atoms with E-state index in [0.717, 1.165) is 17.8 Å². The largest absolute Gasteiger partial charge is 0.312 e. The Balaban J connectivity index is 2.40. The summed E-state index contributed by atoms with van der Waals surface area (Å²) in [7, 11) is 0. The Bertz CT molecular complexity index is 196. The zero-order valence-corrected chi connectivity index (χ0v) is 12.7. The van der Waals surface area contributed by atoms with Gasteiger partial charge in [0.2, 0.25) is 0 Å². The zero-order valence-electron chi connectivity index (χ0n) is 12.7. The molecular formula is C16H33N. The van der Waals surface area contributed by atoms with Gasteiger partial charge in [0.1, 0.15) is 0 Å². The number of hydrogen-bond acceptors (Lipinski definition) is 1. The predicted octanol–water partition coefficient (Wildman–Crippen LogP) is 4.62. The van der Waals surface area contributed by atoms with Crippen LogP contribution in [0.4, 0.5) is 0 Å². The monoisotopic (exact) mass is 239 g/mol. The second-order valence-corrected chi connectivity index (χ2v) is 7.41. The molecule has 1 nitrogen and oxygen atoms in total. The van der Waals surface area contributed by atoms with Gasteiger partial charge >= 0.3 is 0 Å². The van der Waals surface area contributed by atoms with Crippen LogP contribution in [0.25, 0.3) is 0 Å². The molecule has 1 fully saturated rings. The molecule has 17 heavy (non-hydrogen) atoms. The van der Waals surface area contributed by atoms with Crippen molar-refractivity contribution in [3.8, 4) is 0 Å². The van der Waals surface area contributed by atoms with Crippen LogP contribution in [-0.2, 0) is 0 Å². The number of hydrogen-bond donors (Lipinski definition) is 1. The highest BCUT2D eigenvalue weighted by atomic mass is 14.9. The highest BCUT2D eigenvalue weighted by Gasteiger charge is 2.25. The molecular weight excluding hydrogens is 206 g/mol. The fraction of sp³-hybridized carbons (Fsp3) is 1.00. The Morgan fingerprint density at radius 3 is 2.12 bits per heavy atom. The van der Waals surface area contributed by atoms with Gasteiger partial charge in [-0.15, -0.1) is 0 Å². The summed E-state index contributed by atoms with van der Waals surface area (Å²) in [5, 5.41) is 3.72. The van der Waals surface area contributed by atoms with E-state index in [9.17, 15) is 0 Å². The average molecular weight is 239 g/mol. The molecule has 102 valence electrons. The predicted molar refractivity (Wildman–Crippen MR) is 77.3 cm³/mol. The third-order valence-electron chi connectivity index (χ3n) is 4.08. The summed E-state index contributed by atoms with van der Waals surface area (Å²) in [5.74, 6) is 2.77. The van der Waals surface area contributed by atoms with E-state index in [4.69, 9.17) is 0 Å². The molecule has 0 bridgehead atoms. The van der Waals surface area contributed by atoms with Crippen LogP contribution >= 0.6 is 0 Å². The summed E-state index contributed by atoms with van der Waals surface area (Å²) in [6.45, 7) is 12.8. The van der Waals surface area contributed by atoms with E-state index in [-0.39, 0.29) is 5.54 Å². The Hall–Kier alpha value is -0.0400. The number of nitrogens with one attached hydrogen (secondary N) is 1. The summed E-state index contributed by atoms with van der Waals surface area (Å²) in [6.07, 6.45) is 8.72. The van der Waals surface area contributed by atoms with Crippen LogP contribution in [0, 0.1) is 17.8 Å². The Kier molecular flexibility index (Phi) is 5.99. The average Bonchev–Trinajstić information content (AvgIpc) is 2.68. The third-order valence-corrected chi connectivity index (χ3v) is 4.08. The molecule has 0 aromatic rings. The standard InChI is InChI=1S/C16H33N/c1-13(2)10-11-15(12-17-16(3,4)5)14-8-6-7-9-14/h13-15,17H,6-12H2,1-5H3. The number of rotatable bonds is 6. The van der Waals surface area contributed by atoms with Crippen LogP contribution in [0.1, 0.15) is 73.1 Å². The van der Waals surface area contributed by atoms with Crippen LogP contribution in [0.3, 0.4) is 0 Å². The maximum absolute atomic E-state index is 3.72. The van der Waals surface area contributed by atoms with Gasteiger partial charge in [0.25, 0.3) is 0 Å². The lowest BCUT2D eigenvalue weighted by Crippen LogP contribution is -2.40. The Labute approximate surface area is 109 Å². The molecule has 0 aliphatic heterocycles. The Morgan fingerprint density at radius 1 is 1.06 bits per heavy atom. The van der Waals surface area contributed by atoms with Crippen molar-refractivity contribution < 1.29 is 0 Å². The van der Waals surface area contributed by atoms with E-state index < -0.39 is 0 Å². The molecule has 1 unspecified atom stereocenters. The van der Waals surface area contributed by atoms with Gasteiger partial charge in [0, 0.05) is 5.54 Å². The molecule has 1 atom stereocenters. The molecule has 1 rings (SSSR count). The van der Waals surface area contributed by atoms with Crippen LogP contribution in [0.5, 0.6) is 0 Å². The van der Waals surface area contributed by atoms with Gasteiger partial charge in [0.15, 0.2) is 0 Å². The van der Waals surface area contributed by atoms with Crippen LogP contribution in [0.15, 0.2) is 0 Å². The SMILES string of the molecule is CC(C)CCC(CNC(C)(C)C)C1CCCC1. The molecule has 0 heterocycles. The van der Waals surface area contributed by atoms with Crippen molar-refractivity contribution in [3.63, 3.8) is 0 Å². The maximum Gasteiger partial charge on any atom is 0.00966 e. The fourth-order valence-corrected chi connectivity index (χ4v) is 2.92. The normalized spacial score (nSPS) is 20.1. The molecule has 1 saturated carbocycles. The van der Waals surface area contributed by atoms with E-state index in [0.29, 0.717) is 0 Å². The van der Waals surface area contributed by atoms with Gasteiger partial charge in [-0.1, -0.05) is 46.0 Å². The molecule has 1 N–H and O–H groups in total. The minimum atomic E-state index is 0.273. The van der Waals surface area contributed by atoms with Crippen molar-refractivity contribution in [3.05, 3.63) is 0 Å². The van der Waals surface area contributed by atoms with Gasteiger partial charge in [-0.3, -0.25) is 0 Å². The summed E-state index contributed by atoms with van der Waals surface area (Å²) in [5.41, 5.74) is 0.273. The smallest absolute Gasteiger partial charge is 0.00966 e. The van der Waals surface area contributed by atoms with E-state index in [1.807, 2.05) is 0 Å². The van der Waals surface area contributed by atoms with Gasteiger partial charge in [-0.2, -0.15) is 0 Å². The molecule has 1 aliphatic rings. The summed E-state index contributed by atoms with van der Waals surface area (Å²) in [6, 6.07) is 0. The molecule has 0 saturated heterocycles. The first-order valence-corrected chi connectivity index (χ1v) is 7.63. The molecule has 0 spiro atoms. The van der Waals surface area contributed by atoms with Crippen molar-refractivity contribution >= 4 is 0 Å². The minimum absolute atomic E-state index is 0.273. The Morgan fingerprint density at radius 2 is 1.65 bits per heavy atom. The second-order valence-electron chi connectivity index (χ2n) is 7.41. The lowest BCUT2D eigenvalue weighted by atomic mass is 9.85. The topological polar surface area (TPSA) is 12.0 Å². The minimum Gasteiger partial charge on any atom is -0.312 e. The van der Waals surface area contributed by atoms with Crippen molar-refractivity contribution in [2.45, 2.75) is 78.7 Å². The van der Waals surface area contributed by atoms with Gasteiger partial charge in [-0.25, -0.2) is 0 Å². The molecule has 0 aromatic heterocycles. The van der Waals surface area contributed by atoms with Gasteiger partial charge < -0.3 is 5.32 Å². The molecule has 0 aromatic carbocycles. The summed E-state index contributed by atoms with van der Waals surface area (Å²) < 4.78 is 0. The maximum atomic E-state index is 3.72. The molecule has 0 amide bonds. The molecule has 0 radical (unpaired) electrons. The van der Waals surface area contributed by atoms with Crippen molar-refractivity contribution in [1.82, 2.24) is 5.32 Å². The van der Waals surface area contributed by atoms with E-state index >= 15 is 0 Å². The highest BCUT2D eigenvalue weighted by Crippen LogP contribution is 2.34. The zero-order chi connectivity index (χ0) is 12.9. The lowest BCUT2D eigenvalue weighted by molar-refractivity contribution is 0.261. The second kappa shape index (κ2) is 6.78. The highest BCUT2D eigenvalue weighted by molar-refractivity contribution is 4.80. The van der Waals surface area contributed by atoms with Gasteiger partial charge in [0.05, 0.1) is 0 Å². The molecule has 1 heteroatoms. The van der Waals surface area contributed by atoms with Crippen LogP contribution in [0.2, 0.25) is 0 Å². The van der Waals surface area contributed by atoms with Crippen molar-refractivity contribution in [1.29, 1.82) is 0 Å². The van der Waals surface area contributed by atoms with E-state index in [1.165, 1.54) is 45.1 Å². The fourth-order valence-electron chi connectivity index (χ4n) is 2.92. The summed E-state index contributed by atoms with van der Waals surface area (Å²) in [4.78, 5) is 0. The van der Waals surface area contributed by atoms with Crippen molar-refractivity contribution in [2.75, 3.05) is 6.54 Å². The first-order chi connectivity index (χ1) is 7.88.